The Labute approximate surface area is 158 Å². The van der Waals surface area contributed by atoms with Crippen molar-refractivity contribution in [3.05, 3.63) is 32.2 Å². The second-order valence-electron chi connectivity index (χ2n) is 6.57. The summed E-state index contributed by atoms with van der Waals surface area (Å²) in [7, 11) is 3.00. The first kappa shape index (κ1) is 19.0. The predicted octanol–water partition coefficient (Wildman–Crippen LogP) is 0.827. The summed E-state index contributed by atoms with van der Waals surface area (Å²) in [6.07, 6.45) is 2.30. The molecule has 11 heteroatoms. The third kappa shape index (κ3) is 3.68. The summed E-state index contributed by atoms with van der Waals surface area (Å²) in [5, 5.41) is 12.1. The number of rotatable bonds is 6. The van der Waals surface area contributed by atoms with E-state index < -0.39 is 11.2 Å². The molecule has 0 aliphatic carbocycles. The molecule has 0 radical (unpaired) electrons. The summed E-state index contributed by atoms with van der Waals surface area (Å²) >= 11 is 1.36. The fraction of sp³-hybridized carbons (Fsp3) is 0.500. The van der Waals surface area contributed by atoms with Crippen LogP contribution in [-0.2, 0) is 25.4 Å². The minimum atomic E-state index is -0.421. The molecule has 0 aromatic carbocycles. The van der Waals surface area contributed by atoms with Gasteiger partial charge < -0.3 is 9.88 Å². The number of amides is 1. The Hall–Kier alpha value is -2.82. The van der Waals surface area contributed by atoms with E-state index in [1.165, 1.54) is 29.3 Å². The molecule has 0 fully saturated rings. The van der Waals surface area contributed by atoms with Crippen LogP contribution >= 0.6 is 11.3 Å². The zero-order chi connectivity index (χ0) is 19.7. The lowest BCUT2D eigenvalue weighted by Crippen LogP contribution is -2.37. The van der Waals surface area contributed by atoms with Crippen LogP contribution in [0.25, 0.3) is 11.2 Å². The molecule has 10 nitrogen and oxygen atoms in total. The number of imidazole rings is 1. The molecule has 0 aliphatic rings. The molecule has 0 aliphatic heterocycles. The van der Waals surface area contributed by atoms with Crippen molar-refractivity contribution in [2.45, 2.75) is 39.2 Å². The van der Waals surface area contributed by atoms with Gasteiger partial charge in [-0.25, -0.2) is 9.78 Å². The number of hydrogen-bond donors (Lipinski definition) is 1. The van der Waals surface area contributed by atoms with Crippen LogP contribution in [0.5, 0.6) is 0 Å². The summed E-state index contributed by atoms with van der Waals surface area (Å²) in [5.41, 5.74) is -0.131. The van der Waals surface area contributed by atoms with Gasteiger partial charge in [-0.05, 0) is 6.42 Å². The van der Waals surface area contributed by atoms with Gasteiger partial charge in [0.15, 0.2) is 11.2 Å². The number of aryl methyl sites for hydroxylation is 2. The maximum absolute atomic E-state index is 12.4. The number of fused-ring (bicyclic) bond motifs is 1. The largest absolute Gasteiger partial charge is 0.332 e. The number of anilines is 1. The molecule has 3 aromatic heterocycles. The first-order chi connectivity index (χ1) is 12.8. The third-order valence-electron chi connectivity index (χ3n) is 4.20. The third-order valence-corrected chi connectivity index (χ3v) is 5.34. The minimum absolute atomic E-state index is 0.161. The first-order valence-electron chi connectivity index (χ1n) is 8.53. The van der Waals surface area contributed by atoms with Crippen LogP contribution in [0, 0.1) is 0 Å². The second kappa shape index (κ2) is 7.43. The SMILES string of the molecule is CC(C)c1nnc(NC(=O)CCCn2cnc3c2c(=O)n(C)c(=O)n3C)s1. The van der Waals surface area contributed by atoms with Crippen LogP contribution in [0.3, 0.4) is 0 Å². The lowest BCUT2D eigenvalue weighted by atomic mass is 10.2. The summed E-state index contributed by atoms with van der Waals surface area (Å²) < 4.78 is 4.06. The smallest absolute Gasteiger partial charge is 0.325 e. The van der Waals surface area contributed by atoms with E-state index >= 15 is 0 Å². The molecular formula is C16H21N7O3S. The Morgan fingerprint density at radius 2 is 1.96 bits per heavy atom. The van der Waals surface area contributed by atoms with E-state index in [1.807, 2.05) is 13.8 Å². The van der Waals surface area contributed by atoms with Gasteiger partial charge >= 0.3 is 5.69 Å². The number of aromatic nitrogens is 6. The van der Waals surface area contributed by atoms with Crippen LogP contribution in [0.2, 0.25) is 0 Å². The summed E-state index contributed by atoms with van der Waals surface area (Å²) in [6, 6.07) is 0. The van der Waals surface area contributed by atoms with Gasteiger partial charge in [0.25, 0.3) is 5.56 Å². The molecule has 0 saturated heterocycles. The van der Waals surface area contributed by atoms with Gasteiger partial charge in [-0.2, -0.15) is 0 Å². The molecule has 0 unspecified atom stereocenters. The highest BCUT2D eigenvalue weighted by atomic mass is 32.1. The van der Waals surface area contributed by atoms with Crippen molar-refractivity contribution < 1.29 is 4.79 Å². The van der Waals surface area contributed by atoms with E-state index in [9.17, 15) is 14.4 Å². The molecule has 144 valence electrons. The molecule has 0 atom stereocenters. The monoisotopic (exact) mass is 391 g/mol. The first-order valence-corrected chi connectivity index (χ1v) is 9.35. The lowest BCUT2D eigenvalue weighted by Gasteiger charge is -2.06. The maximum Gasteiger partial charge on any atom is 0.332 e. The number of carbonyl (C=O) groups is 1. The van der Waals surface area contributed by atoms with E-state index in [0.717, 1.165) is 9.57 Å². The van der Waals surface area contributed by atoms with E-state index in [-0.39, 0.29) is 18.2 Å². The number of nitrogens with zero attached hydrogens (tertiary/aromatic N) is 6. The molecule has 0 bridgehead atoms. The predicted molar refractivity (Wildman–Crippen MR) is 102 cm³/mol. The molecule has 3 aromatic rings. The highest BCUT2D eigenvalue weighted by Gasteiger charge is 2.15. The Bertz CT molecular complexity index is 1110. The zero-order valence-corrected chi connectivity index (χ0v) is 16.4. The Kier molecular flexibility index (Phi) is 5.22. The molecular weight excluding hydrogens is 370 g/mol. The van der Waals surface area contributed by atoms with Gasteiger partial charge in [-0.15, -0.1) is 10.2 Å². The molecule has 3 heterocycles. The standard InChI is InChI=1S/C16H21N7O3S/c1-9(2)13-19-20-15(27-13)18-10(24)6-5-7-23-8-17-12-11(23)14(25)22(4)16(26)21(12)3/h8-9H,5-7H2,1-4H3,(H,18,20,24). The molecule has 1 amide bonds. The lowest BCUT2D eigenvalue weighted by molar-refractivity contribution is -0.116. The quantitative estimate of drug-likeness (QED) is 0.665. The van der Waals surface area contributed by atoms with E-state index in [2.05, 4.69) is 20.5 Å². The van der Waals surface area contributed by atoms with Crippen molar-refractivity contribution in [1.29, 1.82) is 0 Å². The van der Waals surface area contributed by atoms with Crippen molar-refractivity contribution >= 4 is 33.5 Å². The van der Waals surface area contributed by atoms with Gasteiger partial charge in [0.05, 0.1) is 6.33 Å². The van der Waals surface area contributed by atoms with Gasteiger partial charge in [0.1, 0.15) is 5.01 Å². The highest BCUT2D eigenvalue weighted by molar-refractivity contribution is 7.15. The fourth-order valence-corrected chi connectivity index (χ4v) is 3.44. The number of carbonyl (C=O) groups excluding carboxylic acids is 1. The Morgan fingerprint density at radius 1 is 1.22 bits per heavy atom. The van der Waals surface area contributed by atoms with E-state index in [4.69, 9.17) is 0 Å². The molecule has 1 N–H and O–H groups in total. The maximum atomic E-state index is 12.4. The van der Waals surface area contributed by atoms with E-state index in [0.29, 0.717) is 29.3 Å². The fourth-order valence-electron chi connectivity index (χ4n) is 2.68. The molecule has 0 saturated carbocycles. The number of nitrogens with one attached hydrogen (secondary N) is 1. The molecule has 3 rings (SSSR count). The van der Waals surface area contributed by atoms with Gasteiger partial charge in [-0.1, -0.05) is 25.2 Å². The van der Waals surface area contributed by atoms with Gasteiger partial charge in [-0.3, -0.25) is 18.7 Å². The Morgan fingerprint density at radius 3 is 2.63 bits per heavy atom. The average molecular weight is 391 g/mol. The van der Waals surface area contributed by atoms with Crippen LogP contribution in [0.15, 0.2) is 15.9 Å². The van der Waals surface area contributed by atoms with Crippen LogP contribution in [0.4, 0.5) is 5.13 Å². The zero-order valence-electron chi connectivity index (χ0n) is 15.6. The van der Waals surface area contributed by atoms with Gasteiger partial charge in [0, 0.05) is 33.0 Å². The van der Waals surface area contributed by atoms with Crippen molar-refractivity contribution in [3.63, 3.8) is 0 Å². The normalized spacial score (nSPS) is 11.4. The van der Waals surface area contributed by atoms with Crippen LogP contribution < -0.4 is 16.6 Å². The van der Waals surface area contributed by atoms with Gasteiger partial charge in [0.2, 0.25) is 11.0 Å². The second-order valence-corrected chi connectivity index (χ2v) is 7.58. The van der Waals surface area contributed by atoms with Crippen molar-refractivity contribution in [1.82, 2.24) is 28.9 Å². The molecule has 27 heavy (non-hydrogen) atoms. The van der Waals surface area contributed by atoms with Crippen LogP contribution in [0.1, 0.15) is 37.6 Å². The van der Waals surface area contributed by atoms with E-state index in [1.54, 1.807) is 11.6 Å². The topological polar surface area (TPSA) is 117 Å². The van der Waals surface area contributed by atoms with Crippen molar-refractivity contribution in [3.8, 4) is 0 Å². The average Bonchev–Trinajstić information content (AvgIpc) is 3.25. The highest BCUT2D eigenvalue weighted by Crippen LogP contribution is 2.22. The minimum Gasteiger partial charge on any atom is -0.325 e. The summed E-state index contributed by atoms with van der Waals surface area (Å²) in [6.45, 7) is 4.47. The number of hydrogen-bond acceptors (Lipinski definition) is 7. The van der Waals surface area contributed by atoms with Crippen molar-refractivity contribution in [2.24, 2.45) is 14.1 Å². The summed E-state index contributed by atoms with van der Waals surface area (Å²) in [4.78, 5) is 40.6. The van der Waals surface area contributed by atoms with Crippen LogP contribution in [-0.4, -0.2) is 34.8 Å². The summed E-state index contributed by atoms with van der Waals surface area (Å²) in [5.74, 6) is 0.104. The molecule has 0 spiro atoms. The Balaban J connectivity index is 1.66. The van der Waals surface area contributed by atoms with Crippen molar-refractivity contribution in [2.75, 3.05) is 5.32 Å².